The molecule has 2 aromatic carbocycles. The number of hydrogen-bond donors (Lipinski definition) is 0. The maximum Gasteiger partial charge on any atom is 0.237 e. The van der Waals surface area contributed by atoms with Crippen molar-refractivity contribution in [3.05, 3.63) is 53.9 Å². The van der Waals surface area contributed by atoms with E-state index in [1.165, 1.54) is 0 Å². The topological polar surface area (TPSA) is 53.4 Å². The van der Waals surface area contributed by atoms with Gasteiger partial charge in [-0.2, -0.15) is 0 Å². The first-order chi connectivity index (χ1) is 11.1. The van der Waals surface area contributed by atoms with Crippen LogP contribution in [0, 0.1) is 6.92 Å². The van der Waals surface area contributed by atoms with Gasteiger partial charge in [0.05, 0.1) is 31.7 Å². The number of para-hydroxylation sites is 2. The van der Waals surface area contributed by atoms with Crippen LogP contribution in [0.2, 0.25) is 0 Å². The van der Waals surface area contributed by atoms with Gasteiger partial charge in [-0.1, -0.05) is 18.2 Å². The Morgan fingerprint density at radius 2 is 1.91 bits per heavy atom. The molecule has 0 saturated heterocycles. The van der Waals surface area contributed by atoms with Gasteiger partial charge in [0.2, 0.25) is 5.91 Å². The molecule has 0 unspecified atom stereocenters. The quantitative estimate of drug-likeness (QED) is 0.742. The summed E-state index contributed by atoms with van der Waals surface area (Å²) >= 11 is 0. The number of hydrogen-bond acceptors (Lipinski definition) is 4. The van der Waals surface area contributed by atoms with E-state index in [-0.39, 0.29) is 12.3 Å². The Labute approximate surface area is 134 Å². The molecule has 0 aliphatic heterocycles. The van der Waals surface area contributed by atoms with E-state index in [1.54, 1.807) is 24.9 Å². The lowest BCUT2D eigenvalue weighted by atomic mass is 10.1. The lowest BCUT2D eigenvalue weighted by Gasteiger charge is -2.11. The van der Waals surface area contributed by atoms with Crippen molar-refractivity contribution in [1.29, 1.82) is 0 Å². The molecule has 3 aromatic rings. The zero-order chi connectivity index (χ0) is 16.4. The molecule has 0 aliphatic rings. The summed E-state index contributed by atoms with van der Waals surface area (Å²) in [7, 11) is 3.18. The van der Waals surface area contributed by atoms with E-state index in [9.17, 15) is 4.79 Å². The number of benzene rings is 2. The molecule has 0 bridgehead atoms. The standard InChI is InChI=1S/C18H18N2O3/c1-12-19-15-6-4-5-7-16(15)20(12)18(21)10-13-8-9-14(22-2)11-17(13)23-3/h4-9,11H,10H2,1-3H3. The lowest BCUT2D eigenvalue weighted by molar-refractivity contribution is 0.0915. The summed E-state index contributed by atoms with van der Waals surface area (Å²) in [5.41, 5.74) is 2.46. The van der Waals surface area contributed by atoms with Crippen molar-refractivity contribution in [3.63, 3.8) is 0 Å². The average Bonchev–Trinajstić information content (AvgIpc) is 2.90. The van der Waals surface area contributed by atoms with Gasteiger partial charge in [0.15, 0.2) is 0 Å². The van der Waals surface area contributed by atoms with Crippen LogP contribution in [-0.4, -0.2) is 29.7 Å². The number of methoxy groups -OCH3 is 2. The van der Waals surface area contributed by atoms with Crippen molar-refractivity contribution in [2.24, 2.45) is 0 Å². The Balaban J connectivity index is 1.97. The highest BCUT2D eigenvalue weighted by Crippen LogP contribution is 2.26. The first kappa shape index (κ1) is 15.1. The molecule has 3 rings (SSSR count). The number of rotatable bonds is 4. The second-order valence-corrected chi connectivity index (χ2v) is 5.23. The van der Waals surface area contributed by atoms with Crippen LogP contribution in [0.1, 0.15) is 16.2 Å². The highest BCUT2D eigenvalue weighted by molar-refractivity contribution is 5.92. The minimum atomic E-state index is -0.0420. The van der Waals surface area contributed by atoms with E-state index in [4.69, 9.17) is 9.47 Å². The highest BCUT2D eigenvalue weighted by Gasteiger charge is 2.16. The van der Waals surface area contributed by atoms with Crippen molar-refractivity contribution in [1.82, 2.24) is 9.55 Å². The Hall–Kier alpha value is -2.82. The molecule has 0 amide bonds. The summed E-state index contributed by atoms with van der Waals surface area (Å²) in [6, 6.07) is 13.1. The van der Waals surface area contributed by atoms with E-state index in [1.807, 2.05) is 43.3 Å². The van der Waals surface area contributed by atoms with Crippen molar-refractivity contribution >= 4 is 16.9 Å². The smallest absolute Gasteiger partial charge is 0.237 e. The van der Waals surface area contributed by atoms with E-state index >= 15 is 0 Å². The number of fused-ring (bicyclic) bond motifs is 1. The number of aryl methyl sites for hydroxylation is 1. The fraction of sp³-hybridized carbons (Fsp3) is 0.222. The second kappa shape index (κ2) is 6.12. The predicted molar refractivity (Wildman–Crippen MR) is 88.3 cm³/mol. The van der Waals surface area contributed by atoms with Crippen molar-refractivity contribution in [3.8, 4) is 11.5 Å². The molecule has 5 heteroatoms. The van der Waals surface area contributed by atoms with Crippen LogP contribution in [0.5, 0.6) is 11.5 Å². The van der Waals surface area contributed by atoms with Crippen molar-refractivity contribution in [2.45, 2.75) is 13.3 Å². The van der Waals surface area contributed by atoms with Crippen molar-refractivity contribution in [2.75, 3.05) is 14.2 Å². The molecular formula is C18H18N2O3. The summed E-state index contributed by atoms with van der Waals surface area (Å²) in [5, 5.41) is 0. The van der Waals surface area contributed by atoms with Crippen LogP contribution >= 0.6 is 0 Å². The molecule has 0 aliphatic carbocycles. The molecular weight excluding hydrogens is 292 g/mol. The van der Waals surface area contributed by atoms with Gasteiger partial charge < -0.3 is 9.47 Å². The number of nitrogens with zero attached hydrogens (tertiary/aromatic N) is 2. The van der Waals surface area contributed by atoms with Crippen LogP contribution in [0.3, 0.4) is 0 Å². The summed E-state index contributed by atoms with van der Waals surface area (Å²) in [6.07, 6.45) is 0.231. The monoisotopic (exact) mass is 310 g/mol. The normalized spacial score (nSPS) is 10.7. The highest BCUT2D eigenvalue weighted by atomic mass is 16.5. The maximum absolute atomic E-state index is 12.8. The molecule has 118 valence electrons. The lowest BCUT2D eigenvalue weighted by Crippen LogP contribution is -2.15. The molecule has 0 atom stereocenters. The van der Waals surface area contributed by atoms with Crippen LogP contribution < -0.4 is 9.47 Å². The van der Waals surface area contributed by atoms with Crippen LogP contribution in [0.4, 0.5) is 0 Å². The zero-order valence-corrected chi connectivity index (χ0v) is 13.4. The number of carbonyl (C=O) groups excluding carboxylic acids is 1. The van der Waals surface area contributed by atoms with E-state index in [0.29, 0.717) is 17.3 Å². The van der Waals surface area contributed by atoms with E-state index < -0.39 is 0 Å². The first-order valence-corrected chi connectivity index (χ1v) is 7.32. The Kier molecular flexibility index (Phi) is 4.02. The van der Waals surface area contributed by atoms with Gasteiger partial charge in [-0.3, -0.25) is 9.36 Å². The minimum absolute atomic E-state index is 0.0420. The fourth-order valence-electron chi connectivity index (χ4n) is 2.70. The van der Waals surface area contributed by atoms with Gasteiger partial charge in [-0.25, -0.2) is 4.98 Å². The Bertz CT molecular complexity index is 868. The number of ether oxygens (including phenoxy) is 2. The predicted octanol–water partition coefficient (Wildman–Crippen LogP) is 3.24. The van der Waals surface area contributed by atoms with Crippen molar-refractivity contribution < 1.29 is 14.3 Å². The number of imidazole rings is 1. The molecule has 5 nitrogen and oxygen atoms in total. The molecule has 1 heterocycles. The minimum Gasteiger partial charge on any atom is -0.497 e. The molecule has 0 fully saturated rings. The van der Waals surface area contributed by atoms with Crippen LogP contribution in [0.15, 0.2) is 42.5 Å². The Morgan fingerprint density at radius 1 is 1.13 bits per heavy atom. The molecule has 0 saturated carbocycles. The maximum atomic E-state index is 12.8. The molecule has 23 heavy (non-hydrogen) atoms. The molecule has 1 aromatic heterocycles. The van der Waals surface area contributed by atoms with Crippen LogP contribution in [-0.2, 0) is 6.42 Å². The van der Waals surface area contributed by atoms with Gasteiger partial charge in [-0.05, 0) is 25.1 Å². The Morgan fingerprint density at radius 3 is 2.65 bits per heavy atom. The first-order valence-electron chi connectivity index (χ1n) is 7.32. The second-order valence-electron chi connectivity index (χ2n) is 5.23. The summed E-state index contributed by atoms with van der Waals surface area (Å²) in [5.74, 6) is 1.98. The van der Waals surface area contributed by atoms with E-state index in [2.05, 4.69) is 4.98 Å². The number of aromatic nitrogens is 2. The summed E-state index contributed by atoms with van der Waals surface area (Å²) in [4.78, 5) is 17.2. The molecule has 0 N–H and O–H groups in total. The fourth-order valence-corrected chi connectivity index (χ4v) is 2.70. The zero-order valence-electron chi connectivity index (χ0n) is 13.4. The van der Waals surface area contributed by atoms with Gasteiger partial charge in [-0.15, -0.1) is 0 Å². The summed E-state index contributed by atoms with van der Waals surface area (Å²) in [6.45, 7) is 1.84. The third-order valence-corrected chi connectivity index (χ3v) is 3.81. The van der Waals surface area contributed by atoms with E-state index in [0.717, 1.165) is 16.6 Å². The molecule has 0 radical (unpaired) electrons. The summed E-state index contributed by atoms with van der Waals surface area (Å²) < 4.78 is 12.2. The van der Waals surface area contributed by atoms with Gasteiger partial charge in [0, 0.05) is 11.6 Å². The largest absolute Gasteiger partial charge is 0.497 e. The third-order valence-electron chi connectivity index (χ3n) is 3.81. The SMILES string of the molecule is COc1ccc(CC(=O)n2c(C)nc3ccccc32)c(OC)c1. The average molecular weight is 310 g/mol. The molecule has 0 spiro atoms. The third kappa shape index (κ3) is 2.77. The van der Waals surface area contributed by atoms with Gasteiger partial charge in [0.1, 0.15) is 17.3 Å². The van der Waals surface area contributed by atoms with Gasteiger partial charge in [0.25, 0.3) is 0 Å². The number of carbonyl (C=O) groups is 1. The van der Waals surface area contributed by atoms with Crippen LogP contribution in [0.25, 0.3) is 11.0 Å². The van der Waals surface area contributed by atoms with Gasteiger partial charge >= 0.3 is 0 Å².